The van der Waals surface area contributed by atoms with Crippen LogP contribution in [0.3, 0.4) is 0 Å². The first-order valence-electron chi connectivity index (χ1n) is 8.08. The van der Waals surface area contributed by atoms with Crippen molar-refractivity contribution in [1.29, 1.82) is 0 Å². The maximum absolute atomic E-state index is 12.3. The van der Waals surface area contributed by atoms with Gasteiger partial charge in [-0.2, -0.15) is 0 Å². The highest BCUT2D eigenvalue weighted by atomic mass is 35.5. The van der Waals surface area contributed by atoms with Crippen molar-refractivity contribution in [3.05, 3.63) is 52.9 Å². The molecule has 3 rings (SSSR count). The molecule has 4 nitrogen and oxygen atoms in total. The van der Waals surface area contributed by atoms with E-state index in [0.717, 1.165) is 49.3 Å². The number of nitrogens with zero attached hydrogens (tertiary/aromatic N) is 2. The normalized spacial score (nSPS) is 15.7. The van der Waals surface area contributed by atoms with E-state index in [4.69, 9.17) is 16.0 Å². The lowest BCUT2D eigenvalue weighted by Gasteiger charge is -2.34. The molecule has 1 aliphatic rings. The largest absolute Gasteiger partial charge is 0.456 e. The van der Waals surface area contributed by atoms with E-state index in [9.17, 15) is 4.79 Å². The number of rotatable bonds is 5. The quantitative estimate of drug-likeness (QED) is 0.756. The van der Waals surface area contributed by atoms with Gasteiger partial charge in [0.2, 0.25) is 0 Å². The van der Waals surface area contributed by atoms with Crippen LogP contribution >= 0.6 is 23.4 Å². The highest BCUT2D eigenvalue weighted by molar-refractivity contribution is 7.99. The average molecular weight is 365 g/mol. The lowest BCUT2D eigenvalue weighted by atomic mass is 10.3. The van der Waals surface area contributed by atoms with Gasteiger partial charge in [-0.1, -0.05) is 11.6 Å². The smallest absolute Gasteiger partial charge is 0.289 e. The lowest BCUT2D eigenvalue weighted by molar-refractivity contribution is 0.0612. The van der Waals surface area contributed by atoms with E-state index in [2.05, 4.69) is 17.0 Å². The summed E-state index contributed by atoms with van der Waals surface area (Å²) in [5, 5.41) is 0.770. The van der Waals surface area contributed by atoms with E-state index in [1.54, 1.807) is 6.07 Å². The Morgan fingerprint density at radius 1 is 1.12 bits per heavy atom. The zero-order valence-corrected chi connectivity index (χ0v) is 15.3. The molecule has 2 aromatic rings. The molecule has 0 saturated carbocycles. The predicted molar refractivity (Wildman–Crippen MR) is 98.0 cm³/mol. The van der Waals surface area contributed by atoms with Gasteiger partial charge in [-0.05, 0) is 43.3 Å². The molecule has 24 heavy (non-hydrogen) atoms. The number of hydrogen-bond donors (Lipinski definition) is 0. The Morgan fingerprint density at radius 2 is 1.83 bits per heavy atom. The molecule has 128 valence electrons. The van der Waals surface area contributed by atoms with Crippen molar-refractivity contribution in [2.45, 2.75) is 11.8 Å². The standard InChI is InChI=1S/C18H21ClN2O2S/c1-14-2-7-17(23-14)18(22)21-10-8-20(9-11-21)12-13-24-16-5-3-15(19)4-6-16/h2-7H,8-13H2,1H3. The molecular weight excluding hydrogens is 344 g/mol. The van der Waals surface area contributed by atoms with Crippen LogP contribution in [0, 0.1) is 6.92 Å². The molecule has 1 amide bonds. The number of carbonyl (C=O) groups excluding carboxylic acids is 1. The van der Waals surface area contributed by atoms with Crippen LogP contribution in [0.25, 0.3) is 0 Å². The Morgan fingerprint density at radius 3 is 2.46 bits per heavy atom. The molecule has 6 heteroatoms. The number of amides is 1. The first kappa shape index (κ1) is 17.4. The minimum atomic E-state index is -0.00158. The Hall–Kier alpha value is -1.43. The second-order valence-corrected chi connectivity index (χ2v) is 7.45. The maximum atomic E-state index is 12.3. The van der Waals surface area contributed by atoms with Gasteiger partial charge in [0.25, 0.3) is 5.91 Å². The number of furan rings is 1. The zero-order valence-electron chi connectivity index (χ0n) is 13.7. The fraction of sp³-hybridized carbons (Fsp3) is 0.389. The van der Waals surface area contributed by atoms with E-state index < -0.39 is 0 Å². The molecule has 1 aliphatic heterocycles. The molecular formula is C18H21ClN2O2S. The van der Waals surface area contributed by atoms with Crippen molar-refractivity contribution < 1.29 is 9.21 Å². The van der Waals surface area contributed by atoms with Crippen molar-refractivity contribution in [2.24, 2.45) is 0 Å². The summed E-state index contributed by atoms with van der Waals surface area (Å²) in [6, 6.07) is 11.5. The van der Waals surface area contributed by atoms with E-state index >= 15 is 0 Å². The second-order valence-electron chi connectivity index (χ2n) is 5.85. The van der Waals surface area contributed by atoms with Crippen molar-refractivity contribution in [3.8, 4) is 0 Å². The van der Waals surface area contributed by atoms with Crippen LogP contribution in [0.1, 0.15) is 16.3 Å². The van der Waals surface area contributed by atoms with E-state index in [1.165, 1.54) is 4.90 Å². The van der Waals surface area contributed by atoms with Gasteiger partial charge >= 0.3 is 0 Å². The highest BCUT2D eigenvalue weighted by Gasteiger charge is 2.23. The molecule has 1 aromatic heterocycles. The summed E-state index contributed by atoms with van der Waals surface area (Å²) in [6.07, 6.45) is 0. The SMILES string of the molecule is Cc1ccc(C(=O)N2CCN(CCSc3ccc(Cl)cc3)CC2)o1. The first-order valence-corrected chi connectivity index (χ1v) is 9.44. The van der Waals surface area contributed by atoms with Gasteiger partial charge in [-0.15, -0.1) is 11.8 Å². The number of hydrogen-bond acceptors (Lipinski definition) is 4. The molecule has 0 spiro atoms. The zero-order chi connectivity index (χ0) is 16.9. The molecule has 1 aromatic carbocycles. The third-order valence-corrected chi connectivity index (χ3v) is 5.34. The number of thioether (sulfide) groups is 1. The van der Waals surface area contributed by atoms with Crippen molar-refractivity contribution in [3.63, 3.8) is 0 Å². The van der Waals surface area contributed by atoms with Crippen molar-refractivity contribution in [2.75, 3.05) is 38.5 Å². The van der Waals surface area contributed by atoms with Crippen molar-refractivity contribution in [1.82, 2.24) is 9.80 Å². The average Bonchev–Trinajstić information content (AvgIpc) is 3.03. The molecule has 0 bridgehead atoms. The minimum absolute atomic E-state index is 0.00158. The Balaban J connectivity index is 1.40. The van der Waals surface area contributed by atoms with E-state index in [1.807, 2.05) is 41.8 Å². The van der Waals surface area contributed by atoms with Gasteiger partial charge in [0.05, 0.1) is 0 Å². The monoisotopic (exact) mass is 364 g/mol. The van der Waals surface area contributed by atoms with Crippen molar-refractivity contribution >= 4 is 29.3 Å². The molecule has 1 fully saturated rings. The molecule has 0 radical (unpaired) electrons. The van der Waals surface area contributed by atoms with Gasteiger partial charge in [-0.3, -0.25) is 9.69 Å². The topological polar surface area (TPSA) is 36.7 Å². The maximum Gasteiger partial charge on any atom is 0.289 e. The van der Waals surface area contributed by atoms with Crippen LogP contribution in [0.4, 0.5) is 0 Å². The third kappa shape index (κ3) is 4.56. The summed E-state index contributed by atoms with van der Waals surface area (Å²) in [6.45, 7) is 6.20. The minimum Gasteiger partial charge on any atom is -0.456 e. The summed E-state index contributed by atoms with van der Waals surface area (Å²) < 4.78 is 5.43. The second kappa shape index (κ2) is 8.10. The number of aryl methyl sites for hydroxylation is 1. The molecule has 0 aliphatic carbocycles. The number of halogens is 1. The third-order valence-electron chi connectivity index (χ3n) is 4.10. The molecule has 2 heterocycles. The molecule has 0 unspecified atom stereocenters. The van der Waals surface area contributed by atoms with Crippen LogP contribution in [-0.2, 0) is 0 Å². The summed E-state index contributed by atoms with van der Waals surface area (Å²) in [5.74, 6) is 2.25. The van der Waals surface area contributed by atoms with Crippen LogP contribution in [0.15, 0.2) is 45.7 Å². The summed E-state index contributed by atoms with van der Waals surface area (Å²) in [4.78, 5) is 17.9. The van der Waals surface area contributed by atoms with E-state index in [0.29, 0.717) is 5.76 Å². The van der Waals surface area contributed by atoms with Crippen LogP contribution in [0.5, 0.6) is 0 Å². The lowest BCUT2D eigenvalue weighted by Crippen LogP contribution is -2.49. The van der Waals surface area contributed by atoms with E-state index in [-0.39, 0.29) is 5.91 Å². The molecule has 1 saturated heterocycles. The van der Waals surface area contributed by atoms with Gasteiger partial charge in [0.15, 0.2) is 5.76 Å². The predicted octanol–water partition coefficient (Wildman–Crippen LogP) is 3.79. The fourth-order valence-electron chi connectivity index (χ4n) is 2.70. The Kier molecular flexibility index (Phi) is 5.87. The van der Waals surface area contributed by atoms with Crippen LogP contribution < -0.4 is 0 Å². The Labute approximate surface area is 151 Å². The van der Waals surface area contributed by atoms with Gasteiger partial charge in [0, 0.05) is 48.4 Å². The molecule has 0 atom stereocenters. The fourth-order valence-corrected chi connectivity index (χ4v) is 3.74. The highest BCUT2D eigenvalue weighted by Crippen LogP contribution is 2.20. The summed E-state index contributed by atoms with van der Waals surface area (Å²) in [5.41, 5.74) is 0. The van der Waals surface area contributed by atoms with Gasteiger partial charge in [-0.25, -0.2) is 0 Å². The number of carbonyl (C=O) groups is 1. The first-order chi connectivity index (χ1) is 11.6. The Bertz CT molecular complexity index is 679. The number of piperazine rings is 1. The number of benzene rings is 1. The molecule has 0 N–H and O–H groups in total. The van der Waals surface area contributed by atoms with Crippen LogP contribution in [0.2, 0.25) is 5.02 Å². The van der Waals surface area contributed by atoms with Gasteiger partial charge < -0.3 is 9.32 Å². The van der Waals surface area contributed by atoms with Gasteiger partial charge in [0.1, 0.15) is 5.76 Å². The summed E-state index contributed by atoms with van der Waals surface area (Å²) >= 11 is 7.73. The van der Waals surface area contributed by atoms with Crippen LogP contribution in [-0.4, -0.2) is 54.2 Å². The summed E-state index contributed by atoms with van der Waals surface area (Å²) in [7, 11) is 0.